The number of amides is 1. The van der Waals surface area contributed by atoms with Crippen LogP contribution in [0.1, 0.15) is 37.3 Å². The van der Waals surface area contributed by atoms with Gasteiger partial charge in [0.2, 0.25) is 5.91 Å². The van der Waals surface area contributed by atoms with Crippen molar-refractivity contribution >= 4 is 11.6 Å². The van der Waals surface area contributed by atoms with Crippen LogP contribution in [-0.4, -0.2) is 18.5 Å². The smallest absolute Gasteiger partial charge is 0.243 e. The van der Waals surface area contributed by atoms with Gasteiger partial charge in [-0.15, -0.1) is 0 Å². The first-order chi connectivity index (χ1) is 8.65. The Bertz CT molecular complexity index is 442. The summed E-state index contributed by atoms with van der Waals surface area (Å²) in [6.07, 6.45) is 3.79. The second-order valence-electron chi connectivity index (χ2n) is 5.07. The Hall–Kier alpha value is -1.35. The number of nitrogens with two attached hydrogens (primary N) is 1. The van der Waals surface area contributed by atoms with Crippen molar-refractivity contribution < 1.29 is 4.79 Å². The van der Waals surface area contributed by atoms with Gasteiger partial charge in [0.1, 0.15) is 0 Å². The molecule has 1 atom stereocenters. The molecule has 1 aliphatic rings. The Labute approximate surface area is 109 Å². The van der Waals surface area contributed by atoms with E-state index >= 15 is 0 Å². The summed E-state index contributed by atoms with van der Waals surface area (Å²) in [6.45, 7) is 4.92. The van der Waals surface area contributed by atoms with Crippen LogP contribution >= 0.6 is 0 Å². The third-order valence-corrected chi connectivity index (χ3v) is 3.60. The number of nitrogens with zero attached hydrogens (tertiary/aromatic N) is 1. The van der Waals surface area contributed by atoms with Crippen LogP contribution in [0.4, 0.5) is 5.69 Å². The fraction of sp³-hybridized carbons (Fsp3) is 0.533. The van der Waals surface area contributed by atoms with Crippen molar-refractivity contribution in [3.8, 4) is 0 Å². The van der Waals surface area contributed by atoms with Gasteiger partial charge in [-0.2, -0.15) is 0 Å². The second kappa shape index (κ2) is 5.53. The van der Waals surface area contributed by atoms with E-state index in [1.807, 2.05) is 4.90 Å². The van der Waals surface area contributed by atoms with Crippen LogP contribution in [0.25, 0.3) is 0 Å². The predicted molar refractivity (Wildman–Crippen MR) is 74.7 cm³/mol. The first-order valence-electron chi connectivity index (χ1n) is 6.80. The van der Waals surface area contributed by atoms with E-state index in [9.17, 15) is 4.79 Å². The van der Waals surface area contributed by atoms with Gasteiger partial charge in [0, 0.05) is 12.2 Å². The Morgan fingerprint density at radius 3 is 3.00 bits per heavy atom. The molecule has 0 radical (unpaired) electrons. The van der Waals surface area contributed by atoms with Crippen LogP contribution in [0.15, 0.2) is 18.2 Å². The Morgan fingerprint density at radius 1 is 1.50 bits per heavy atom. The van der Waals surface area contributed by atoms with Crippen LogP contribution in [0.3, 0.4) is 0 Å². The van der Waals surface area contributed by atoms with Crippen LogP contribution in [0.2, 0.25) is 0 Å². The molecule has 3 heteroatoms. The highest BCUT2D eigenvalue weighted by atomic mass is 16.2. The SMILES string of the molecule is CCCC(N)C(=O)N1CCCc2cccc(C)c21. The molecule has 3 nitrogen and oxygen atoms in total. The van der Waals surface area contributed by atoms with Gasteiger partial charge in [0.05, 0.1) is 6.04 Å². The molecule has 2 N–H and O–H groups in total. The number of carbonyl (C=O) groups is 1. The first-order valence-corrected chi connectivity index (χ1v) is 6.80. The van der Waals surface area contributed by atoms with Crippen molar-refractivity contribution in [1.82, 2.24) is 0 Å². The molecule has 1 heterocycles. The largest absolute Gasteiger partial charge is 0.320 e. The first kappa shape index (κ1) is 13.1. The summed E-state index contributed by atoms with van der Waals surface area (Å²) in [5.41, 5.74) is 9.52. The molecule has 0 aromatic heterocycles. The minimum atomic E-state index is -0.361. The van der Waals surface area contributed by atoms with E-state index in [0.29, 0.717) is 0 Å². The van der Waals surface area contributed by atoms with Crippen molar-refractivity contribution in [2.24, 2.45) is 5.73 Å². The van der Waals surface area contributed by atoms with Crippen LogP contribution < -0.4 is 10.6 Å². The Kier molecular flexibility index (Phi) is 4.02. The summed E-state index contributed by atoms with van der Waals surface area (Å²) in [4.78, 5) is 14.3. The number of hydrogen-bond acceptors (Lipinski definition) is 2. The molecule has 0 fully saturated rings. The molecule has 1 aromatic carbocycles. The Morgan fingerprint density at radius 2 is 2.28 bits per heavy atom. The highest BCUT2D eigenvalue weighted by Crippen LogP contribution is 2.30. The van der Waals surface area contributed by atoms with Crippen molar-refractivity contribution in [2.45, 2.75) is 45.6 Å². The van der Waals surface area contributed by atoms with E-state index in [2.05, 4.69) is 32.0 Å². The molecule has 1 unspecified atom stereocenters. The standard InChI is InChI=1S/C15H22N2O/c1-3-6-13(16)15(18)17-10-5-9-12-8-4-7-11(2)14(12)17/h4,7-8,13H,3,5-6,9-10,16H2,1-2H3. The average Bonchev–Trinajstić information content (AvgIpc) is 2.38. The molecule has 1 aliphatic heterocycles. The molecule has 0 saturated carbocycles. The monoisotopic (exact) mass is 246 g/mol. The molecule has 1 aromatic rings. The van der Waals surface area contributed by atoms with Gasteiger partial charge in [-0.1, -0.05) is 31.5 Å². The molecule has 2 rings (SSSR count). The molecule has 98 valence electrons. The fourth-order valence-corrected chi connectivity index (χ4v) is 2.70. The van der Waals surface area contributed by atoms with Gasteiger partial charge in [0.25, 0.3) is 0 Å². The van der Waals surface area contributed by atoms with Crippen molar-refractivity contribution in [3.63, 3.8) is 0 Å². The van der Waals surface area contributed by atoms with Gasteiger partial charge in [-0.05, 0) is 37.3 Å². The highest BCUT2D eigenvalue weighted by Gasteiger charge is 2.27. The number of carbonyl (C=O) groups excluding carboxylic acids is 1. The van der Waals surface area contributed by atoms with Gasteiger partial charge in [0.15, 0.2) is 0 Å². The number of hydrogen-bond donors (Lipinski definition) is 1. The van der Waals surface area contributed by atoms with E-state index < -0.39 is 0 Å². The van der Waals surface area contributed by atoms with Gasteiger partial charge < -0.3 is 10.6 Å². The van der Waals surface area contributed by atoms with E-state index in [4.69, 9.17) is 5.73 Å². The van der Waals surface area contributed by atoms with Crippen LogP contribution in [0.5, 0.6) is 0 Å². The number of aryl methyl sites for hydroxylation is 2. The minimum absolute atomic E-state index is 0.0760. The summed E-state index contributed by atoms with van der Waals surface area (Å²) >= 11 is 0. The van der Waals surface area contributed by atoms with E-state index in [1.165, 1.54) is 11.1 Å². The lowest BCUT2D eigenvalue weighted by atomic mass is 9.97. The third-order valence-electron chi connectivity index (χ3n) is 3.60. The number of anilines is 1. The molecular weight excluding hydrogens is 224 g/mol. The number of para-hydroxylation sites is 1. The maximum Gasteiger partial charge on any atom is 0.243 e. The van der Waals surface area contributed by atoms with Gasteiger partial charge in [-0.25, -0.2) is 0 Å². The average molecular weight is 246 g/mol. The lowest BCUT2D eigenvalue weighted by molar-refractivity contribution is -0.120. The van der Waals surface area contributed by atoms with Crippen LogP contribution in [0, 0.1) is 6.92 Å². The van der Waals surface area contributed by atoms with E-state index in [0.717, 1.165) is 37.9 Å². The lowest BCUT2D eigenvalue weighted by Gasteiger charge is -2.32. The summed E-state index contributed by atoms with van der Waals surface area (Å²) in [7, 11) is 0. The number of fused-ring (bicyclic) bond motifs is 1. The molecule has 0 spiro atoms. The van der Waals surface area contributed by atoms with Crippen molar-refractivity contribution in [3.05, 3.63) is 29.3 Å². The van der Waals surface area contributed by atoms with Crippen LogP contribution in [-0.2, 0) is 11.2 Å². The molecular formula is C15H22N2O. The number of benzene rings is 1. The summed E-state index contributed by atoms with van der Waals surface area (Å²) in [5.74, 6) is 0.0760. The molecule has 0 aliphatic carbocycles. The minimum Gasteiger partial charge on any atom is -0.320 e. The topological polar surface area (TPSA) is 46.3 Å². The molecule has 18 heavy (non-hydrogen) atoms. The zero-order valence-corrected chi connectivity index (χ0v) is 11.3. The second-order valence-corrected chi connectivity index (χ2v) is 5.07. The van der Waals surface area contributed by atoms with Crippen molar-refractivity contribution in [1.29, 1.82) is 0 Å². The fourth-order valence-electron chi connectivity index (χ4n) is 2.70. The normalized spacial score (nSPS) is 16.3. The molecule has 0 saturated heterocycles. The summed E-state index contributed by atoms with van der Waals surface area (Å²) in [5, 5.41) is 0. The van der Waals surface area contributed by atoms with E-state index in [-0.39, 0.29) is 11.9 Å². The lowest BCUT2D eigenvalue weighted by Crippen LogP contribution is -2.46. The van der Waals surface area contributed by atoms with Gasteiger partial charge in [-0.3, -0.25) is 4.79 Å². The van der Waals surface area contributed by atoms with Crippen molar-refractivity contribution in [2.75, 3.05) is 11.4 Å². The highest BCUT2D eigenvalue weighted by molar-refractivity contribution is 5.98. The Balaban J connectivity index is 2.30. The van der Waals surface area contributed by atoms with E-state index in [1.54, 1.807) is 0 Å². The zero-order chi connectivity index (χ0) is 13.1. The quantitative estimate of drug-likeness (QED) is 0.890. The molecule has 0 bridgehead atoms. The number of rotatable bonds is 3. The maximum absolute atomic E-state index is 12.4. The molecule has 1 amide bonds. The predicted octanol–water partition coefficient (Wildman–Crippen LogP) is 2.40. The zero-order valence-electron chi connectivity index (χ0n) is 11.3. The third kappa shape index (κ3) is 2.41. The maximum atomic E-state index is 12.4. The summed E-state index contributed by atoms with van der Waals surface area (Å²) in [6, 6.07) is 5.89. The van der Waals surface area contributed by atoms with Gasteiger partial charge >= 0.3 is 0 Å². The summed E-state index contributed by atoms with van der Waals surface area (Å²) < 4.78 is 0.